The summed E-state index contributed by atoms with van der Waals surface area (Å²) < 4.78 is 13.7. The fourth-order valence-electron chi connectivity index (χ4n) is 2.37. The van der Waals surface area contributed by atoms with Gasteiger partial charge in [0, 0.05) is 6.54 Å². The van der Waals surface area contributed by atoms with E-state index in [1.807, 2.05) is 0 Å². The predicted molar refractivity (Wildman–Crippen MR) is 76.2 cm³/mol. The van der Waals surface area contributed by atoms with Gasteiger partial charge in [0.2, 0.25) is 0 Å². The summed E-state index contributed by atoms with van der Waals surface area (Å²) in [7, 11) is 0. The van der Waals surface area contributed by atoms with E-state index >= 15 is 0 Å². The minimum Gasteiger partial charge on any atom is -0.409 e. The minimum atomic E-state index is -0.492. The third kappa shape index (κ3) is 2.77. The van der Waals surface area contributed by atoms with Gasteiger partial charge in [0.15, 0.2) is 5.84 Å². The number of benzene rings is 1. The van der Waals surface area contributed by atoms with Crippen LogP contribution in [0, 0.1) is 5.82 Å². The number of nitrogens with zero attached hydrogens (tertiary/aromatic N) is 2. The van der Waals surface area contributed by atoms with Crippen LogP contribution in [0.4, 0.5) is 4.39 Å². The number of carbonyl (C=O) groups is 1. The normalized spacial score (nSPS) is 20.0. The first kappa shape index (κ1) is 14.8. The predicted octanol–water partition coefficient (Wildman–Crippen LogP) is 2.33. The Labute approximate surface area is 124 Å². The van der Waals surface area contributed by atoms with Crippen LogP contribution in [0.2, 0.25) is 0 Å². The molecular weight excluding hydrogens is 329 g/mol. The summed E-state index contributed by atoms with van der Waals surface area (Å²) in [6, 6.07) is 3.86. The van der Waals surface area contributed by atoms with Gasteiger partial charge in [-0.05, 0) is 47.3 Å². The van der Waals surface area contributed by atoms with E-state index in [2.05, 4.69) is 21.1 Å². The Morgan fingerprint density at radius 3 is 2.95 bits per heavy atom. The van der Waals surface area contributed by atoms with Crippen LogP contribution in [0.15, 0.2) is 27.8 Å². The maximum atomic E-state index is 13.5. The lowest BCUT2D eigenvalue weighted by atomic mass is 10.00. The summed E-state index contributed by atoms with van der Waals surface area (Å²) in [6.45, 7) is 0.503. The van der Waals surface area contributed by atoms with Crippen molar-refractivity contribution in [3.63, 3.8) is 0 Å². The quantitative estimate of drug-likeness (QED) is 0.374. The molecule has 1 aliphatic rings. The first-order valence-electron chi connectivity index (χ1n) is 6.28. The second-order valence-corrected chi connectivity index (χ2v) is 5.43. The summed E-state index contributed by atoms with van der Waals surface area (Å²) in [5.41, 5.74) is 5.88. The number of hydrogen-bond acceptors (Lipinski definition) is 3. The first-order chi connectivity index (χ1) is 9.56. The van der Waals surface area contributed by atoms with Gasteiger partial charge in [-0.3, -0.25) is 4.79 Å². The van der Waals surface area contributed by atoms with E-state index in [-0.39, 0.29) is 21.8 Å². The van der Waals surface area contributed by atoms with Crippen LogP contribution in [0.25, 0.3) is 0 Å². The number of amidine groups is 1. The fourth-order valence-corrected chi connectivity index (χ4v) is 2.81. The molecule has 1 fully saturated rings. The van der Waals surface area contributed by atoms with Crippen molar-refractivity contribution in [2.75, 3.05) is 6.54 Å². The molecule has 0 saturated carbocycles. The van der Waals surface area contributed by atoms with Crippen molar-refractivity contribution < 1.29 is 14.4 Å². The van der Waals surface area contributed by atoms with Crippen molar-refractivity contribution in [3.05, 3.63) is 34.1 Å². The molecule has 1 aliphatic heterocycles. The molecule has 0 radical (unpaired) electrons. The van der Waals surface area contributed by atoms with Crippen LogP contribution < -0.4 is 5.73 Å². The lowest BCUT2D eigenvalue weighted by molar-refractivity contribution is 0.0675. The standard InChI is InChI=1S/C13H15BrFN3O2/c14-11-8(4-3-5-9(11)15)13(19)18-7-2-1-6-10(18)12(16)17-20/h3-5,10,20H,1-2,6-7H2,(H2,16,17). The molecule has 1 unspecified atom stereocenters. The van der Waals surface area contributed by atoms with Crippen molar-refractivity contribution in [1.82, 2.24) is 4.90 Å². The second kappa shape index (κ2) is 6.21. The Balaban J connectivity index is 2.32. The lowest BCUT2D eigenvalue weighted by Crippen LogP contribution is -2.50. The zero-order valence-corrected chi connectivity index (χ0v) is 12.3. The zero-order chi connectivity index (χ0) is 14.7. The summed E-state index contributed by atoms with van der Waals surface area (Å²) >= 11 is 3.09. The van der Waals surface area contributed by atoms with Crippen molar-refractivity contribution >= 4 is 27.7 Å². The van der Waals surface area contributed by atoms with E-state index in [0.29, 0.717) is 13.0 Å². The topological polar surface area (TPSA) is 78.9 Å². The lowest BCUT2D eigenvalue weighted by Gasteiger charge is -2.35. The molecule has 1 heterocycles. The molecule has 2 rings (SSSR count). The largest absolute Gasteiger partial charge is 0.409 e. The number of amides is 1. The third-order valence-corrected chi connectivity index (χ3v) is 4.21. The van der Waals surface area contributed by atoms with Gasteiger partial charge in [-0.2, -0.15) is 0 Å². The van der Waals surface area contributed by atoms with Gasteiger partial charge in [0.1, 0.15) is 5.82 Å². The van der Waals surface area contributed by atoms with E-state index in [4.69, 9.17) is 10.9 Å². The van der Waals surface area contributed by atoms with Crippen molar-refractivity contribution in [1.29, 1.82) is 0 Å². The van der Waals surface area contributed by atoms with Crippen molar-refractivity contribution in [3.8, 4) is 0 Å². The molecule has 5 nitrogen and oxygen atoms in total. The van der Waals surface area contributed by atoms with Crippen LogP contribution in [0.3, 0.4) is 0 Å². The maximum Gasteiger partial charge on any atom is 0.255 e. The Bertz CT molecular complexity index is 550. The molecule has 1 amide bonds. The average Bonchev–Trinajstić information content (AvgIpc) is 2.48. The number of nitrogens with two attached hydrogens (primary N) is 1. The summed E-state index contributed by atoms with van der Waals surface area (Å²) in [6.07, 6.45) is 2.37. The number of carbonyl (C=O) groups excluding carboxylic acids is 1. The molecule has 0 spiro atoms. The fraction of sp³-hybridized carbons (Fsp3) is 0.385. The number of likely N-dealkylation sites (tertiary alicyclic amines) is 1. The summed E-state index contributed by atoms with van der Waals surface area (Å²) in [5.74, 6) is -0.813. The van der Waals surface area contributed by atoms with Gasteiger partial charge < -0.3 is 15.8 Å². The second-order valence-electron chi connectivity index (χ2n) is 4.64. The van der Waals surface area contributed by atoms with E-state index in [0.717, 1.165) is 12.8 Å². The Morgan fingerprint density at radius 1 is 1.50 bits per heavy atom. The van der Waals surface area contributed by atoms with E-state index in [9.17, 15) is 9.18 Å². The highest BCUT2D eigenvalue weighted by Gasteiger charge is 2.31. The molecule has 0 aliphatic carbocycles. The molecule has 1 atom stereocenters. The molecule has 20 heavy (non-hydrogen) atoms. The SMILES string of the molecule is N/C(=N/O)C1CCCCN1C(=O)c1cccc(F)c1Br. The molecule has 1 aromatic rings. The Morgan fingerprint density at radius 2 is 2.25 bits per heavy atom. The van der Waals surface area contributed by atoms with Gasteiger partial charge in [0.05, 0.1) is 16.1 Å². The van der Waals surface area contributed by atoms with Crippen LogP contribution in [0.1, 0.15) is 29.6 Å². The number of hydrogen-bond donors (Lipinski definition) is 2. The van der Waals surface area contributed by atoms with Gasteiger partial charge in [-0.25, -0.2) is 4.39 Å². The van der Waals surface area contributed by atoms with E-state index in [1.165, 1.54) is 17.0 Å². The van der Waals surface area contributed by atoms with Crippen LogP contribution in [-0.4, -0.2) is 34.4 Å². The smallest absolute Gasteiger partial charge is 0.255 e. The highest BCUT2D eigenvalue weighted by molar-refractivity contribution is 9.10. The van der Waals surface area contributed by atoms with Crippen molar-refractivity contribution in [2.24, 2.45) is 10.9 Å². The third-order valence-electron chi connectivity index (χ3n) is 3.40. The van der Waals surface area contributed by atoms with Gasteiger partial charge in [-0.1, -0.05) is 11.2 Å². The van der Waals surface area contributed by atoms with Crippen LogP contribution in [0.5, 0.6) is 0 Å². The highest BCUT2D eigenvalue weighted by Crippen LogP contribution is 2.25. The van der Waals surface area contributed by atoms with Gasteiger partial charge in [0.25, 0.3) is 5.91 Å². The molecule has 0 bridgehead atoms. The van der Waals surface area contributed by atoms with Gasteiger partial charge in [-0.15, -0.1) is 0 Å². The molecular formula is C13H15BrFN3O2. The zero-order valence-electron chi connectivity index (χ0n) is 10.7. The Hall–Kier alpha value is -1.63. The number of piperidine rings is 1. The first-order valence-corrected chi connectivity index (χ1v) is 7.08. The molecule has 7 heteroatoms. The molecule has 3 N–H and O–H groups in total. The minimum absolute atomic E-state index is 0.00516. The molecule has 0 aromatic heterocycles. The molecule has 1 saturated heterocycles. The number of rotatable bonds is 2. The monoisotopic (exact) mass is 343 g/mol. The maximum absolute atomic E-state index is 13.5. The highest BCUT2D eigenvalue weighted by atomic mass is 79.9. The molecule has 1 aromatic carbocycles. The Kier molecular flexibility index (Phi) is 4.59. The average molecular weight is 344 g/mol. The van der Waals surface area contributed by atoms with Crippen molar-refractivity contribution in [2.45, 2.75) is 25.3 Å². The van der Waals surface area contributed by atoms with Crippen LogP contribution >= 0.6 is 15.9 Å². The van der Waals surface area contributed by atoms with Crippen LogP contribution in [-0.2, 0) is 0 Å². The molecule has 108 valence electrons. The summed E-state index contributed by atoms with van der Waals surface area (Å²) in [5, 5.41) is 11.8. The summed E-state index contributed by atoms with van der Waals surface area (Å²) in [4.78, 5) is 14.1. The number of oxime groups is 1. The number of halogens is 2. The van der Waals surface area contributed by atoms with E-state index < -0.39 is 11.9 Å². The van der Waals surface area contributed by atoms with Gasteiger partial charge >= 0.3 is 0 Å². The van der Waals surface area contributed by atoms with E-state index in [1.54, 1.807) is 6.07 Å².